The van der Waals surface area contributed by atoms with E-state index >= 15 is 0 Å². The van der Waals surface area contributed by atoms with Crippen molar-refractivity contribution in [2.24, 2.45) is 5.73 Å². The average molecular weight is 798 g/mol. The van der Waals surface area contributed by atoms with E-state index in [1.807, 2.05) is 0 Å². The maximum atomic E-state index is 12.6. The summed E-state index contributed by atoms with van der Waals surface area (Å²) in [5.74, 6) is -2.43. The summed E-state index contributed by atoms with van der Waals surface area (Å²) in [6.45, 7) is 2.65. The van der Waals surface area contributed by atoms with Crippen molar-refractivity contribution in [2.45, 2.75) is 187 Å². The van der Waals surface area contributed by atoms with Crippen molar-refractivity contribution >= 4 is 25.7 Å². The van der Waals surface area contributed by atoms with E-state index in [0.717, 1.165) is 57.8 Å². The molecule has 0 aromatic heterocycles. The Labute approximate surface area is 333 Å². The molecule has 1 unspecified atom stereocenters. The predicted molar refractivity (Wildman–Crippen MR) is 222 cm³/mol. The quantitative estimate of drug-likeness (QED) is 0.0234. The highest BCUT2D eigenvalue weighted by atomic mass is 31.2. The van der Waals surface area contributed by atoms with Gasteiger partial charge >= 0.3 is 25.7 Å². The van der Waals surface area contributed by atoms with Crippen molar-refractivity contribution in [3.05, 3.63) is 48.6 Å². The monoisotopic (exact) mass is 798 g/mol. The highest BCUT2D eigenvalue weighted by Crippen LogP contribution is 2.43. The van der Waals surface area contributed by atoms with Gasteiger partial charge in [-0.25, -0.2) is 4.57 Å². The van der Waals surface area contributed by atoms with Crippen LogP contribution in [0.4, 0.5) is 0 Å². The number of allylic oxidation sites excluding steroid dienone is 8. The Hall–Kier alpha value is -2.56. The Kier molecular flexibility index (Phi) is 36.5. The molecule has 0 saturated carbocycles. The average Bonchev–Trinajstić information content (AvgIpc) is 3.16. The molecule has 3 atom stereocenters. The van der Waals surface area contributed by atoms with Gasteiger partial charge in [0.1, 0.15) is 12.6 Å². The number of ether oxygens (including phenoxy) is 2. The van der Waals surface area contributed by atoms with Gasteiger partial charge in [0.25, 0.3) is 0 Å². The van der Waals surface area contributed by atoms with E-state index in [1.165, 1.54) is 77.0 Å². The minimum atomic E-state index is -4.72. The molecule has 0 saturated heterocycles. The standard InChI is InChI=1S/C43H76NO10P/c1-3-5-7-9-11-13-15-17-19-21-23-25-27-29-31-33-35-42(46)54-39(37-52-55(49,50)53-38-40(44)43(47)48)36-51-41(45)34-32-30-28-26-24-22-20-18-16-14-12-10-8-6-4-2/h6,8,12,14,18,20,24,26,39-40H,3-5,7,9-11,13,15-17,19,21-23,25,27-38,44H2,1-2H3,(H,47,48)(H,49,50)/b8-6-,14-12-,20-18-,26-24-/t39-,40+/m1/s1. The van der Waals surface area contributed by atoms with E-state index in [9.17, 15) is 23.8 Å². The first-order chi connectivity index (χ1) is 26.6. The van der Waals surface area contributed by atoms with Crippen LogP contribution in [-0.2, 0) is 37.5 Å². The van der Waals surface area contributed by atoms with E-state index in [4.69, 9.17) is 24.8 Å². The second-order valence-corrected chi connectivity index (χ2v) is 15.6. The van der Waals surface area contributed by atoms with Crippen LogP contribution in [0.1, 0.15) is 174 Å². The van der Waals surface area contributed by atoms with Crippen LogP contribution in [0, 0.1) is 0 Å². The highest BCUT2D eigenvalue weighted by Gasteiger charge is 2.28. The lowest BCUT2D eigenvalue weighted by Gasteiger charge is -2.20. The zero-order chi connectivity index (χ0) is 40.7. The molecule has 4 N–H and O–H groups in total. The summed E-state index contributed by atoms with van der Waals surface area (Å²) in [7, 11) is -4.72. The first kappa shape index (κ1) is 52.4. The zero-order valence-electron chi connectivity index (χ0n) is 34.3. The summed E-state index contributed by atoms with van der Waals surface area (Å²) < 4.78 is 32.6. The van der Waals surface area contributed by atoms with Crippen molar-refractivity contribution in [1.82, 2.24) is 0 Å². The molecule has 0 radical (unpaired) electrons. The summed E-state index contributed by atoms with van der Waals surface area (Å²) >= 11 is 0. The number of rotatable bonds is 39. The van der Waals surface area contributed by atoms with Crippen LogP contribution in [0.25, 0.3) is 0 Å². The number of aliphatic carboxylic acids is 1. The normalized spacial score (nSPS) is 14.3. The number of esters is 2. The number of carboxylic acid groups (broad SMARTS) is 1. The fraction of sp³-hybridized carbons (Fsp3) is 0.744. The minimum Gasteiger partial charge on any atom is -0.480 e. The van der Waals surface area contributed by atoms with Crippen LogP contribution in [0.3, 0.4) is 0 Å². The molecule has 0 bridgehead atoms. The third kappa shape index (κ3) is 38.1. The molecule has 0 aliphatic heterocycles. The van der Waals surface area contributed by atoms with E-state index in [-0.39, 0.29) is 19.4 Å². The van der Waals surface area contributed by atoms with Gasteiger partial charge in [0.05, 0.1) is 13.2 Å². The van der Waals surface area contributed by atoms with Crippen LogP contribution < -0.4 is 5.73 Å². The maximum Gasteiger partial charge on any atom is 0.472 e. The molecule has 0 heterocycles. The van der Waals surface area contributed by atoms with E-state index in [2.05, 4.69) is 67.0 Å². The first-order valence-electron chi connectivity index (χ1n) is 21.2. The van der Waals surface area contributed by atoms with E-state index in [1.54, 1.807) is 0 Å². The van der Waals surface area contributed by atoms with Gasteiger partial charge < -0.3 is 25.2 Å². The van der Waals surface area contributed by atoms with Crippen molar-refractivity contribution in [1.29, 1.82) is 0 Å². The lowest BCUT2D eigenvalue weighted by atomic mass is 10.0. The molecule has 0 aliphatic rings. The van der Waals surface area contributed by atoms with Gasteiger partial charge in [-0.3, -0.25) is 23.4 Å². The van der Waals surface area contributed by atoms with Crippen LogP contribution in [-0.4, -0.2) is 59.9 Å². The maximum absolute atomic E-state index is 12.6. The largest absolute Gasteiger partial charge is 0.480 e. The third-order valence-corrected chi connectivity index (χ3v) is 9.79. The van der Waals surface area contributed by atoms with Crippen molar-refractivity contribution in [3.63, 3.8) is 0 Å². The smallest absolute Gasteiger partial charge is 0.472 e. The summed E-state index contributed by atoms with van der Waals surface area (Å²) in [6, 6.07) is -1.53. The predicted octanol–water partition coefficient (Wildman–Crippen LogP) is 11.0. The molecular formula is C43H76NO10P. The Morgan fingerprint density at radius 1 is 0.582 bits per heavy atom. The number of carbonyl (C=O) groups excluding carboxylic acids is 2. The molecule has 55 heavy (non-hydrogen) atoms. The van der Waals surface area contributed by atoms with Crippen LogP contribution in [0.15, 0.2) is 48.6 Å². The number of hydrogen-bond donors (Lipinski definition) is 3. The third-order valence-electron chi connectivity index (χ3n) is 8.84. The first-order valence-corrected chi connectivity index (χ1v) is 22.7. The number of carbonyl (C=O) groups is 3. The van der Waals surface area contributed by atoms with Crippen LogP contribution >= 0.6 is 7.82 Å². The molecule has 0 aromatic carbocycles. The minimum absolute atomic E-state index is 0.154. The Balaban J connectivity index is 4.43. The van der Waals surface area contributed by atoms with Gasteiger partial charge in [-0.05, 0) is 51.4 Å². The Bertz CT molecular complexity index is 1120. The lowest BCUT2D eigenvalue weighted by Crippen LogP contribution is -2.34. The summed E-state index contributed by atoms with van der Waals surface area (Å²) in [4.78, 5) is 45.9. The molecule has 0 aliphatic carbocycles. The molecule has 0 spiro atoms. The lowest BCUT2D eigenvalue weighted by molar-refractivity contribution is -0.161. The van der Waals surface area contributed by atoms with Gasteiger partial charge in [0.15, 0.2) is 6.10 Å². The van der Waals surface area contributed by atoms with Gasteiger partial charge in [-0.2, -0.15) is 0 Å². The topological polar surface area (TPSA) is 172 Å². The molecule has 0 aromatic rings. The Morgan fingerprint density at radius 3 is 1.53 bits per heavy atom. The van der Waals surface area contributed by atoms with Crippen LogP contribution in [0.5, 0.6) is 0 Å². The molecular weight excluding hydrogens is 721 g/mol. The van der Waals surface area contributed by atoms with Gasteiger partial charge in [0.2, 0.25) is 0 Å². The zero-order valence-corrected chi connectivity index (χ0v) is 35.2. The molecule has 12 heteroatoms. The second kappa shape index (κ2) is 38.3. The van der Waals surface area contributed by atoms with Gasteiger partial charge in [-0.15, -0.1) is 0 Å². The summed E-state index contributed by atoms with van der Waals surface area (Å²) in [5.41, 5.74) is 5.33. The Morgan fingerprint density at radius 2 is 1.02 bits per heavy atom. The summed E-state index contributed by atoms with van der Waals surface area (Å²) in [6.07, 6.45) is 41.8. The fourth-order valence-corrected chi connectivity index (χ4v) is 6.30. The molecule has 11 nitrogen and oxygen atoms in total. The molecule has 318 valence electrons. The van der Waals surface area contributed by atoms with Crippen molar-refractivity contribution < 1.29 is 47.5 Å². The molecule has 0 rings (SSSR count). The fourth-order valence-electron chi connectivity index (χ4n) is 5.53. The molecule has 0 fully saturated rings. The van der Waals surface area contributed by atoms with Crippen LogP contribution in [0.2, 0.25) is 0 Å². The van der Waals surface area contributed by atoms with E-state index in [0.29, 0.717) is 12.8 Å². The number of hydrogen-bond acceptors (Lipinski definition) is 9. The van der Waals surface area contributed by atoms with Gasteiger partial charge in [-0.1, -0.05) is 159 Å². The summed E-state index contributed by atoms with van der Waals surface area (Å²) in [5, 5.41) is 8.88. The van der Waals surface area contributed by atoms with Crippen molar-refractivity contribution in [2.75, 3.05) is 19.8 Å². The number of nitrogens with two attached hydrogens (primary N) is 1. The number of unbranched alkanes of at least 4 members (excludes halogenated alkanes) is 17. The SMILES string of the molecule is CC/C=C\C/C=C\C/C=C\C/C=C\CCCCC(=O)OC[C@H](COP(=O)(O)OC[C@H](N)C(=O)O)OC(=O)CCCCCCCCCCCCCCCCCC. The molecule has 0 amide bonds. The van der Waals surface area contributed by atoms with Gasteiger partial charge in [0, 0.05) is 12.8 Å². The number of phosphoric ester groups is 1. The van der Waals surface area contributed by atoms with E-state index < -0.39 is 51.1 Å². The van der Waals surface area contributed by atoms with Crippen molar-refractivity contribution in [3.8, 4) is 0 Å². The number of carboxylic acids is 1. The second-order valence-electron chi connectivity index (χ2n) is 14.1. The number of phosphoric acid groups is 1. The highest BCUT2D eigenvalue weighted by molar-refractivity contribution is 7.47.